The van der Waals surface area contributed by atoms with Crippen LogP contribution in [0.4, 0.5) is 4.39 Å². The third-order valence-corrected chi connectivity index (χ3v) is 3.34. The van der Waals surface area contributed by atoms with Gasteiger partial charge in [-0.15, -0.1) is 0 Å². The van der Waals surface area contributed by atoms with Gasteiger partial charge in [-0.2, -0.15) is 5.26 Å². The third kappa shape index (κ3) is 2.14. The Hall–Kier alpha value is -3.04. The summed E-state index contributed by atoms with van der Waals surface area (Å²) in [5.41, 5.74) is -1.51. The Balaban J connectivity index is 2.26. The summed E-state index contributed by atoms with van der Waals surface area (Å²) in [6, 6.07) is 8.81. The van der Waals surface area contributed by atoms with Crippen molar-refractivity contribution in [1.29, 1.82) is 5.26 Å². The number of benzene rings is 1. The fourth-order valence-electron chi connectivity index (χ4n) is 2.28. The Morgan fingerprint density at radius 1 is 1.23 bits per heavy atom. The van der Waals surface area contributed by atoms with Crippen LogP contribution in [0.1, 0.15) is 22.5 Å². The molecule has 0 aliphatic heterocycles. The summed E-state index contributed by atoms with van der Waals surface area (Å²) in [6.07, 6.45) is 5.45. The number of hydrogen-bond acceptors (Lipinski definition) is 5. The van der Waals surface area contributed by atoms with Crippen molar-refractivity contribution >= 4 is 0 Å². The molecule has 0 bridgehead atoms. The molecule has 6 heteroatoms. The molecule has 0 aliphatic rings. The van der Waals surface area contributed by atoms with Crippen LogP contribution in [0, 0.1) is 17.1 Å². The minimum Gasteiger partial charge on any atom is -0.466 e. The van der Waals surface area contributed by atoms with Crippen molar-refractivity contribution < 1.29 is 13.9 Å². The van der Waals surface area contributed by atoms with E-state index >= 15 is 0 Å². The van der Waals surface area contributed by atoms with Crippen LogP contribution in [-0.2, 0) is 5.60 Å². The molecule has 0 saturated carbocycles. The number of halogens is 1. The molecule has 1 atom stereocenters. The SMILES string of the molecule is N#Cc1ccc(C(O)(c2cncnc2)c2ccco2)c(F)c1. The van der Waals surface area contributed by atoms with Crippen LogP contribution < -0.4 is 0 Å². The van der Waals surface area contributed by atoms with Gasteiger partial charge in [0.15, 0.2) is 5.60 Å². The Kier molecular flexibility index (Phi) is 3.41. The predicted molar refractivity (Wildman–Crippen MR) is 74.0 cm³/mol. The minimum atomic E-state index is -1.89. The molecule has 0 saturated heterocycles. The first-order valence-corrected chi connectivity index (χ1v) is 6.38. The van der Waals surface area contributed by atoms with E-state index in [2.05, 4.69) is 9.97 Å². The fourth-order valence-corrected chi connectivity index (χ4v) is 2.28. The zero-order chi connectivity index (χ0) is 15.6. The highest BCUT2D eigenvalue weighted by Crippen LogP contribution is 2.37. The average Bonchev–Trinajstić information content (AvgIpc) is 3.10. The number of nitrogens with zero attached hydrogens (tertiary/aromatic N) is 3. The molecule has 2 aromatic heterocycles. The number of aromatic nitrogens is 2. The van der Waals surface area contributed by atoms with E-state index in [1.807, 2.05) is 6.07 Å². The monoisotopic (exact) mass is 295 g/mol. The van der Waals surface area contributed by atoms with E-state index in [0.717, 1.165) is 6.07 Å². The summed E-state index contributed by atoms with van der Waals surface area (Å²) in [4.78, 5) is 7.72. The second-order valence-corrected chi connectivity index (χ2v) is 4.62. The molecule has 5 nitrogen and oxygen atoms in total. The van der Waals surface area contributed by atoms with Crippen LogP contribution in [0.15, 0.2) is 59.7 Å². The maximum Gasteiger partial charge on any atom is 0.178 e. The minimum absolute atomic E-state index is 0.0451. The Labute approximate surface area is 125 Å². The van der Waals surface area contributed by atoms with E-state index in [9.17, 15) is 9.50 Å². The molecule has 1 unspecified atom stereocenters. The zero-order valence-electron chi connectivity index (χ0n) is 11.3. The number of nitriles is 1. The lowest BCUT2D eigenvalue weighted by atomic mass is 9.85. The Morgan fingerprint density at radius 2 is 2.00 bits per heavy atom. The van der Waals surface area contributed by atoms with Crippen LogP contribution >= 0.6 is 0 Å². The molecule has 3 rings (SSSR count). The van der Waals surface area contributed by atoms with Gasteiger partial charge in [-0.3, -0.25) is 0 Å². The van der Waals surface area contributed by atoms with Crippen molar-refractivity contribution in [3.63, 3.8) is 0 Å². The molecular formula is C16H10FN3O2. The second-order valence-electron chi connectivity index (χ2n) is 4.62. The highest BCUT2D eigenvalue weighted by Gasteiger charge is 2.39. The molecule has 1 aromatic carbocycles. The molecule has 22 heavy (non-hydrogen) atoms. The van der Waals surface area contributed by atoms with Gasteiger partial charge in [-0.25, -0.2) is 14.4 Å². The average molecular weight is 295 g/mol. The summed E-state index contributed by atoms with van der Waals surface area (Å²) in [5.74, 6) is -0.590. The van der Waals surface area contributed by atoms with Crippen LogP contribution in [0.2, 0.25) is 0 Å². The summed E-state index contributed by atoms with van der Waals surface area (Å²) in [7, 11) is 0. The van der Waals surface area contributed by atoms with Gasteiger partial charge in [0.2, 0.25) is 0 Å². The molecule has 1 N–H and O–H groups in total. The van der Waals surface area contributed by atoms with Crippen molar-refractivity contribution in [2.24, 2.45) is 0 Å². The van der Waals surface area contributed by atoms with Gasteiger partial charge in [0.25, 0.3) is 0 Å². The van der Waals surface area contributed by atoms with E-state index in [1.165, 1.54) is 43.2 Å². The van der Waals surface area contributed by atoms with Crippen molar-refractivity contribution in [2.75, 3.05) is 0 Å². The third-order valence-electron chi connectivity index (χ3n) is 3.34. The van der Waals surface area contributed by atoms with Gasteiger partial charge in [0.1, 0.15) is 17.9 Å². The van der Waals surface area contributed by atoms with Crippen LogP contribution in [0.25, 0.3) is 0 Å². The van der Waals surface area contributed by atoms with Gasteiger partial charge < -0.3 is 9.52 Å². The fraction of sp³-hybridized carbons (Fsp3) is 0.0625. The van der Waals surface area contributed by atoms with Gasteiger partial charge in [0, 0.05) is 23.5 Å². The first-order chi connectivity index (χ1) is 10.7. The van der Waals surface area contributed by atoms with Crippen molar-refractivity contribution in [3.05, 3.63) is 83.6 Å². The number of hydrogen-bond donors (Lipinski definition) is 1. The van der Waals surface area contributed by atoms with E-state index in [1.54, 1.807) is 6.07 Å². The Bertz CT molecular complexity index is 828. The highest BCUT2D eigenvalue weighted by molar-refractivity contribution is 5.45. The molecule has 0 fully saturated rings. The van der Waals surface area contributed by atoms with Crippen molar-refractivity contribution in [3.8, 4) is 6.07 Å². The molecule has 2 heterocycles. The van der Waals surface area contributed by atoms with E-state index in [-0.39, 0.29) is 22.5 Å². The van der Waals surface area contributed by atoms with E-state index in [0.29, 0.717) is 0 Å². The molecule has 0 amide bonds. The molecule has 0 spiro atoms. The quantitative estimate of drug-likeness (QED) is 0.802. The standard InChI is InChI=1S/C16H10FN3O2/c17-14-6-11(7-18)3-4-13(14)16(21,15-2-1-5-22-15)12-8-19-10-20-9-12/h1-6,8-10,21H. The summed E-state index contributed by atoms with van der Waals surface area (Å²) in [6.45, 7) is 0. The van der Waals surface area contributed by atoms with Gasteiger partial charge in [-0.1, -0.05) is 6.07 Å². The molecule has 3 aromatic rings. The summed E-state index contributed by atoms with van der Waals surface area (Å²) >= 11 is 0. The lowest BCUT2D eigenvalue weighted by Gasteiger charge is -2.26. The zero-order valence-corrected chi connectivity index (χ0v) is 11.3. The smallest absolute Gasteiger partial charge is 0.178 e. The molecule has 0 radical (unpaired) electrons. The lowest BCUT2D eigenvalue weighted by molar-refractivity contribution is 0.0942. The summed E-state index contributed by atoms with van der Waals surface area (Å²) < 4.78 is 19.7. The lowest BCUT2D eigenvalue weighted by Crippen LogP contribution is -2.30. The van der Waals surface area contributed by atoms with Crippen molar-refractivity contribution in [2.45, 2.75) is 5.60 Å². The van der Waals surface area contributed by atoms with Crippen molar-refractivity contribution in [1.82, 2.24) is 9.97 Å². The number of aliphatic hydroxyl groups is 1. The van der Waals surface area contributed by atoms with Crippen LogP contribution in [-0.4, -0.2) is 15.1 Å². The topological polar surface area (TPSA) is 82.9 Å². The normalized spacial score (nSPS) is 13.3. The van der Waals surface area contributed by atoms with Crippen LogP contribution in [0.3, 0.4) is 0 Å². The first kappa shape index (κ1) is 13.9. The maximum absolute atomic E-state index is 14.4. The molecule has 108 valence electrons. The summed E-state index contributed by atoms with van der Waals surface area (Å²) in [5, 5.41) is 20.0. The molecular weight excluding hydrogens is 285 g/mol. The largest absolute Gasteiger partial charge is 0.466 e. The van der Waals surface area contributed by atoms with Gasteiger partial charge >= 0.3 is 0 Å². The molecule has 0 aliphatic carbocycles. The number of furan rings is 1. The van der Waals surface area contributed by atoms with Crippen LogP contribution in [0.5, 0.6) is 0 Å². The van der Waals surface area contributed by atoms with E-state index in [4.69, 9.17) is 9.68 Å². The maximum atomic E-state index is 14.4. The highest BCUT2D eigenvalue weighted by atomic mass is 19.1. The van der Waals surface area contributed by atoms with Gasteiger partial charge in [-0.05, 0) is 24.3 Å². The Morgan fingerprint density at radius 3 is 2.59 bits per heavy atom. The number of rotatable bonds is 3. The second kappa shape index (κ2) is 5.39. The van der Waals surface area contributed by atoms with E-state index < -0.39 is 11.4 Å². The predicted octanol–water partition coefficient (Wildman–Crippen LogP) is 2.36. The first-order valence-electron chi connectivity index (χ1n) is 6.38. The van der Waals surface area contributed by atoms with Gasteiger partial charge in [0.05, 0.1) is 17.9 Å².